The summed E-state index contributed by atoms with van der Waals surface area (Å²) in [6.07, 6.45) is 0. The molecule has 0 aliphatic carbocycles. The number of hydrogen-bond acceptors (Lipinski definition) is 5. The van der Waals surface area contributed by atoms with Gasteiger partial charge in [0.1, 0.15) is 5.69 Å². The van der Waals surface area contributed by atoms with Gasteiger partial charge in [-0.2, -0.15) is 4.98 Å². The number of nitrogen functional groups attached to an aromatic ring is 1. The maximum atomic E-state index is 6.07. The van der Waals surface area contributed by atoms with Crippen LogP contribution in [0, 0.1) is 0 Å². The van der Waals surface area contributed by atoms with Crippen LogP contribution in [-0.2, 0) is 0 Å². The molecule has 0 bridgehead atoms. The number of para-hydroxylation sites is 1. The van der Waals surface area contributed by atoms with E-state index >= 15 is 0 Å². The molecule has 3 rings (SSSR count). The number of hydrogen-bond donors (Lipinski definition) is 2. The van der Waals surface area contributed by atoms with Gasteiger partial charge in [-0.25, -0.2) is 0 Å². The maximum absolute atomic E-state index is 6.07. The van der Waals surface area contributed by atoms with E-state index in [1.807, 2.05) is 48.5 Å². The molecule has 0 aliphatic rings. The molecule has 0 amide bonds. The van der Waals surface area contributed by atoms with E-state index < -0.39 is 0 Å². The average molecular weight is 298 g/mol. The van der Waals surface area contributed by atoms with Crippen molar-refractivity contribution in [2.75, 3.05) is 11.1 Å². The molecule has 104 valence electrons. The second-order valence-electron chi connectivity index (χ2n) is 4.34. The zero-order valence-electron chi connectivity index (χ0n) is 11.0. The molecule has 1 heterocycles. The SMILES string of the molecule is Nc1nc(Nc2ccccc2Cl)nnc1-c1ccccc1. The topological polar surface area (TPSA) is 76.7 Å². The fourth-order valence-corrected chi connectivity index (χ4v) is 2.06. The Kier molecular flexibility index (Phi) is 3.66. The molecule has 0 spiro atoms. The van der Waals surface area contributed by atoms with Crippen LogP contribution in [0.15, 0.2) is 54.6 Å². The molecule has 0 radical (unpaired) electrons. The molecular weight excluding hydrogens is 286 g/mol. The summed E-state index contributed by atoms with van der Waals surface area (Å²) in [5.41, 5.74) is 8.09. The lowest BCUT2D eigenvalue weighted by Crippen LogP contribution is -2.05. The Bertz CT molecular complexity index is 761. The van der Waals surface area contributed by atoms with E-state index in [2.05, 4.69) is 20.5 Å². The van der Waals surface area contributed by atoms with Crippen LogP contribution in [-0.4, -0.2) is 15.2 Å². The standard InChI is InChI=1S/C15H12ClN5/c16-11-8-4-5-9-12(11)18-15-19-14(17)13(20-21-15)10-6-2-1-3-7-10/h1-9H,(H3,17,18,19,21). The number of halogens is 1. The van der Waals surface area contributed by atoms with Gasteiger partial charge in [-0.1, -0.05) is 54.1 Å². The van der Waals surface area contributed by atoms with Gasteiger partial charge in [0, 0.05) is 5.56 Å². The zero-order valence-corrected chi connectivity index (χ0v) is 11.7. The third-order valence-corrected chi connectivity index (χ3v) is 3.21. The summed E-state index contributed by atoms with van der Waals surface area (Å²) in [5, 5.41) is 11.7. The highest BCUT2D eigenvalue weighted by molar-refractivity contribution is 6.33. The van der Waals surface area contributed by atoms with Crippen molar-refractivity contribution in [3.05, 3.63) is 59.6 Å². The Balaban J connectivity index is 1.90. The van der Waals surface area contributed by atoms with Crippen molar-refractivity contribution in [1.82, 2.24) is 15.2 Å². The third-order valence-electron chi connectivity index (χ3n) is 2.88. The predicted octanol–water partition coefficient (Wildman–Crippen LogP) is 3.52. The quantitative estimate of drug-likeness (QED) is 0.773. The fourth-order valence-electron chi connectivity index (χ4n) is 1.88. The minimum absolute atomic E-state index is 0.306. The van der Waals surface area contributed by atoms with Crippen LogP contribution in [0.4, 0.5) is 17.5 Å². The van der Waals surface area contributed by atoms with Crippen molar-refractivity contribution in [2.45, 2.75) is 0 Å². The van der Waals surface area contributed by atoms with Crippen molar-refractivity contribution < 1.29 is 0 Å². The Labute approximate surface area is 126 Å². The smallest absolute Gasteiger partial charge is 0.249 e. The van der Waals surface area contributed by atoms with E-state index in [4.69, 9.17) is 17.3 Å². The Morgan fingerprint density at radius 2 is 1.62 bits per heavy atom. The minimum atomic E-state index is 0.306. The highest BCUT2D eigenvalue weighted by Gasteiger charge is 2.09. The van der Waals surface area contributed by atoms with E-state index in [9.17, 15) is 0 Å². The van der Waals surface area contributed by atoms with E-state index in [-0.39, 0.29) is 0 Å². The normalized spacial score (nSPS) is 10.3. The third kappa shape index (κ3) is 2.93. The maximum Gasteiger partial charge on any atom is 0.249 e. The van der Waals surface area contributed by atoms with Crippen LogP contribution < -0.4 is 11.1 Å². The van der Waals surface area contributed by atoms with Crippen LogP contribution >= 0.6 is 11.6 Å². The molecule has 1 aromatic heterocycles. The summed E-state index contributed by atoms with van der Waals surface area (Å²) in [4.78, 5) is 4.22. The summed E-state index contributed by atoms with van der Waals surface area (Å²) >= 11 is 6.07. The van der Waals surface area contributed by atoms with Crippen LogP contribution in [0.3, 0.4) is 0 Å². The van der Waals surface area contributed by atoms with E-state index in [0.29, 0.717) is 28.2 Å². The van der Waals surface area contributed by atoms with E-state index in [1.54, 1.807) is 6.07 Å². The monoisotopic (exact) mass is 297 g/mol. The lowest BCUT2D eigenvalue weighted by atomic mass is 10.1. The molecule has 3 N–H and O–H groups in total. The summed E-state index contributed by atoms with van der Waals surface area (Å²) in [6.45, 7) is 0. The molecule has 2 aromatic carbocycles. The van der Waals surface area contributed by atoms with Gasteiger partial charge in [0.25, 0.3) is 0 Å². The fraction of sp³-hybridized carbons (Fsp3) is 0. The molecule has 0 unspecified atom stereocenters. The van der Waals surface area contributed by atoms with Gasteiger partial charge in [-0.3, -0.25) is 0 Å². The molecule has 3 aromatic rings. The van der Waals surface area contributed by atoms with Crippen molar-refractivity contribution in [3.63, 3.8) is 0 Å². The number of nitrogens with two attached hydrogens (primary N) is 1. The number of nitrogens with zero attached hydrogens (tertiary/aromatic N) is 3. The molecule has 0 saturated carbocycles. The summed E-state index contributed by atoms with van der Waals surface area (Å²) in [7, 11) is 0. The molecule has 21 heavy (non-hydrogen) atoms. The largest absolute Gasteiger partial charge is 0.382 e. The van der Waals surface area contributed by atoms with Gasteiger partial charge in [-0.05, 0) is 12.1 Å². The number of aromatic nitrogens is 3. The van der Waals surface area contributed by atoms with Gasteiger partial charge in [-0.15, -0.1) is 10.2 Å². The number of nitrogens with one attached hydrogen (secondary N) is 1. The van der Waals surface area contributed by atoms with Gasteiger partial charge >= 0.3 is 0 Å². The lowest BCUT2D eigenvalue weighted by molar-refractivity contribution is 0.992. The highest BCUT2D eigenvalue weighted by Crippen LogP contribution is 2.25. The molecule has 6 heteroatoms. The highest BCUT2D eigenvalue weighted by atomic mass is 35.5. The van der Waals surface area contributed by atoms with Crippen LogP contribution in [0.2, 0.25) is 5.02 Å². The Morgan fingerprint density at radius 3 is 2.33 bits per heavy atom. The molecule has 0 aliphatic heterocycles. The molecule has 0 saturated heterocycles. The van der Waals surface area contributed by atoms with Crippen molar-refractivity contribution >= 4 is 29.1 Å². The molecule has 0 atom stereocenters. The van der Waals surface area contributed by atoms with Crippen molar-refractivity contribution in [1.29, 1.82) is 0 Å². The van der Waals surface area contributed by atoms with Crippen LogP contribution in [0.5, 0.6) is 0 Å². The lowest BCUT2D eigenvalue weighted by Gasteiger charge is -2.08. The van der Waals surface area contributed by atoms with Crippen molar-refractivity contribution in [2.24, 2.45) is 0 Å². The average Bonchev–Trinajstić information content (AvgIpc) is 2.51. The first-order valence-electron chi connectivity index (χ1n) is 6.31. The Hall–Kier alpha value is -2.66. The van der Waals surface area contributed by atoms with E-state index in [0.717, 1.165) is 5.56 Å². The number of benzene rings is 2. The van der Waals surface area contributed by atoms with Crippen LogP contribution in [0.25, 0.3) is 11.3 Å². The van der Waals surface area contributed by atoms with Gasteiger partial charge in [0.15, 0.2) is 5.82 Å². The predicted molar refractivity (Wildman–Crippen MR) is 84.4 cm³/mol. The minimum Gasteiger partial charge on any atom is -0.382 e. The summed E-state index contributed by atoms with van der Waals surface area (Å²) in [6, 6.07) is 16.9. The molecule has 5 nitrogen and oxygen atoms in total. The number of anilines is 3. The zero-order chi connectivity index (χ0) is 14.7. The number of rotatable bonds is 3. The second kappa shape index (κ2) is 5.76. The second-order valence-corrected chi connectivity index (χ2v) is 4.75. The first-order chi connectivity index (χ1) is 10.2. The van der Waals surface area contributed by atoms with Gasteiger partial charge in [0.05, 0.1) is 10.7 Å². The Morgan fingerprint density at radius 1 is 0.905 bits per heavy atom. The first-order valence-corrected chi connectivity index (χ1v) is 6.69. The summed E-state index contributed by atoms with van der Waals surface area (Å²) < 4.78 is 0. The summed E-state index contributed by atoms with van der Waals surface area (Å²) in [5.74, 6) is 0.617. The van der Waals surface area contributed by atoms with Gasteiger partial charge < -0.3 is 11.1 Å². The van der Waals surface area contributed by atoms with E-state index in [1.165, 1.54) is 0 Å². The van der Waals surface area contributed by atoms with Crippen LogP contribution in [0.1, 0.15) is 0 Å². The van der Waals surface area contributed by atoms with Crippen molar-refractivity contribution in [3.8, 4) is 11.3 Å². The molecular formula is C15H12ClN5. The first kappa shape index (κ1) is 13.3. The van der Waals surface area contributed by atoms with Gasteiger partial charge in [0.2, 0.25) is 5.95 Å². The molecule has 0 fully saturated rings.